The van der Waals surface area contributed by atoms with Gasteiger partial charge in [-0.2, -0.15) is 0 Å². The Bertz CT molecular complexity index is 1350. The Balaban J connectivity index is 1.67. The zero-order valence-electron chi connectivity index (χ0n) is 19.7. The number of pyridine rings is 1. The SMILES string of the molecule is C/C(=N/OC(=O)c1cc(-c2ccc(C)c(C)c2)nc2ccccc12)c1ccc(C(C)C)cc1. The van der Waals surface area contributed by atoms with Crippen molar-refractivity contribution in [2.24, 2.45) is 5.16 Å². The zero-order chi connectivity index (χ0) is 23.5. The molecule has 4 heteroatoms. The first-order chi connectivity index (χ1) is 15.8. The maximum atomic E-state index is 13.1. The van der Waals surface area contributed by atoms with E-state index in [9.17, 15) is 4.79 Å². The summed E-state index contributed by atoms with van der Waals surface area (Å²) >= 11 is 0. The third-order valence-electron chi connectivity index (χ3n) is 6.00. The third-order valence-corrected chi connectivity index (χ3v) is 6.00. The molecule has 1 heterocycles. The summed E-state index contributed by atoms with van der Waals surface area (Å²) in [5, 5.41) is 4.87. The van der Waals surface area contributed by atoms with Crippen LogP contribution < -0.4 is 0 Å². The van der Waals surface area contributed by atoms with Crippen LogP contribution >= 0.6 is 0 Å². The highest BCUT2D eigenvalue weighted by molar-refractivity contribution is 6.05. The number of oxime groups is 1. The van der Waals surface area contributed by atoms with E-state index in [4.69, 9.17) is 9.82 Å². The standard InChI is InChI=1S/C29H28N2O2/c1-18(2)22-12-14-23(15-13-22)21(5)31-33-29(32)26-17-28(24-11-10-19(3)20(4)16-24)30-27-9-7-6-8-25(26)27/h6-18H,1-5H3/b31-21-. The Morgan fingerprint density at radius 3 is 2.33 bits per heavy atom. The molecule has 0 amide bonds. The van der Waals surface area contributed by atoms with Crippen LogP contribution in [0.5, 0.6) is 0 Å². The molecule has 0 fully saturated rings. The average molecular weight is 437 g/mol. The monoisotopic (exact) mass is 436 g/mol. The lowest BCUT2D eigenvalue weighted by Crippen LogP contribution is -2.06. The van der Waals surface area contributed by atoms with E-state index in [0.29, 0.717) is 17.2 Å². The molecule has 33 heavy (non-hydrogen) atoms. The Morgan fingerprint density at radius 2 is 1.64 bits per heavy atom. The highest BCUT2D eigenvalue weighted by atomic mass is 16.7. The van der Waals surface area contributed by atoms with Gasteiger partial charge in [0, 0.05) is 10.9 Å². The second-order valence-electron chi connectivity index (χ2n) is 8.70. The number of fused-ring (bicyclic) bond motifs is 1. The third kappa shape index (κ3) is 4.85. The van der Waals surface area contributed by atoms with Gasteiger partial charge < -0.3 is 4.84 Å². The van der Waals surface area contributed by atoms with Crippen molar-refractivity contribution in [1.29, 1.82) is 0 Å². The van der Waals surface area contributed by atoms with Crippen molar-refractivity contribution in [2.45, 2.75) is 40.5 Å². The summed E-state index contributed by atoms with van der Waals surface area (Å²) in [6, 6.07) is 23.7. The molecular formula is C29H28N2O2. The van der Waals surface area contributed by atoms with Crippen molar-refractivity contribution in [3.05, 3.63) is 101 Å². The van der Waals surface area contributed by atoms with Crippen LogP contribution in [0.3, 0.4) is 0 Å². The first-order valence-electron chi connectivity index (χ1n) is 11.2. The Kier molecular flexibility index (Phi) is 6.36. The van der Waals surface area contributed by atoms with Crippen LogP contribution in [0.25, 0.3) is 22.2 Å². The molecule has 0 radical (unpaired) electrons. The second-order valence-corrected chi connectivity index (χ2v) is 8.70. The average Bonchev–Trinajstić information content (AvgIpc) is 2.83. The summed E-state index contributed by atoms with van der Waals surface area (Å²) in [4.78, 5) is 23.3. The van der Waals surface area contributed by atoms with Gasteiger partial charge in [-0.1, -0.05) is 73.6 Å². The molecule has 1 aromatic heterocycles. The zero-order valence-corrected chi connectivity index (χ0v) is 19.7. The Labute approximate surface area is 194 Å². The summed E-state index contributed by atoms with van der Waals surface area (Å²) in [7, 11) is 0. The molecule has 0 unspecified atom stereocenters. The molecule has 0 aliphatic carbocycles. The quantitative estimate of drug-likeness (QED) is 0.188. The number of hydrogen-bond donors (Lipinski definition) is 0. The van der Waals surface area contributed by atoms with Crippen LogP contribution in [0.15, 0.2) is 78.0 Å². The molecule has 3 aromatic carbocycles. The number of para-hydroxylation sites is 1. The molecule has 4 rings (SSSR count). The summed E-state index contributed by atoms with van der Waals surface area (Å²) in [6.45, 7) is 10.3. The molecular weight excluding hydrogens is 408 g/mol. The van der Waals surface area contributed by atoms with Gasteiger partial charge in [0.05, 0.1) is 22.5 Å². The molecule has 166 valence electrons. The smallest absolute Gasteiger partial charge is 0.313 e. The van der Waals surface area contributed by atoms with Crippen molar-refractivity contribution < 1.29 is 9.63 Å². The predicted molar refractivity (Wildman–Crippen MR) is 135 cm³/mol. The van der Waals surface area contributed by atoms with Crippen LogP contribution in [0.4, 0.5) is 0 Å². The van der Waals surface area contributed by atoms with E-state index in [1.807, 2.05) is 49.4 Å². The van der Waals surface area contributed by atoms with Crippen molar-refractivity contribution in [2.75, 3.05) is 0 Å². The predicted octanol–water partition coefficient (Wildman–Crippen LogP) is 7.22. The number of benzene rings is 3. The largest absolute Gasteiger partial charge is 0.366 e. The topological polar surface area (TPSA) is 51.5 Å². The minimum atomic E-state index is -0.503. The molecule has 0 bridgehead atoms. The lowest BCUT2D eigenvalue weighted by molar-refractivity contribution is 0.0518. The van der Waals surface area contributed by atoms with Crippen molar-refractivity contribution in [3.8, 4) is 11.3 Å². The van der Waals surface area contributed by atoms with E-state index in [2.05, 4.69) is 57.1 Å². The van der Waals surface area contributed by atoms with E-state index in [0.717, 1.165) is 27.7 Å². The fraction of sp³-hybridized carbons (Fsp3) is 0.207. The highest BCUT2D eigenvalue weighted by Crippen LogP contribution is 2.27. The number of carbonyl (C=O) groups excluding carboxylic acids is 1. The van der Waals surface area contributed by atoms with Gasteiger partial charge in [-0.15, -0.1) is 0 Å². The number of aromatic nitrogens is 1. The van der Waals surface area contributed by atoms with Gasteiger partial charge in [0.1, 0.15) is 0 Å². The number of aryl methyl sites for hydroxylation is 2. The van der Waals surface area contributed by atoms with Gasteiger partial charge in [-0.05, 0) is 67.1 Å². The molecule has 4 aromatic rings. The van der Waals surface area contributed by atoms with Crippen LogP contribution in [0.1, 0.15) is 59.3 Å². The highest BCUT2D eigenvalue weighted by Gasteiger charge is 2.16. The maximum Gasteiger partial charge on any atom is 0.366 e. The molecule has 0 spiro atoms. The van der Waals surface area contributed by atoms with Gasteiger partial charge >= 0.3 is 5.97 Å². The van der Waals surface area contributed by atoms with E-state index < -0.39 is 5.97 Å². The molecule has 0 atom stereocenters. The van der Waals surface area contributed by atoms with Crippen molar-refractivity contribution in [3.63, 3.8) is 0 Å². The summed E-state index contributed by atoms with van der Waals surface area (Å²) < 4.78 is 0. The fourth-order valence-corrected chi connectivity index (χ4v) is 3.71. The first kappa shape index (κ1) is 22.4. The lowest BCUT2D eigenvalue weighted by atomic mass is 10.0. The van der Waals surface area contributed by atoms with E-state index >= 15 is 0 Å². The normalized spacial score (nSPS) is 11.8. The van der Waals surface area contributed by atoms with E-state index in [1.54, 1.807) is 6.07 Å². The summed E-state index contributed by atoms with van der Waals surface area (Å²) in [5.41, 5.74) is 8.09. The van der Waals surface area contributed by atoms with Gasteiger partial charge in [0.15, 0.2) is 0 Å². The Morgan fingerprint density at radius 1 is 0.909 bits per heavy atom. The van der Waals surface area contributed by atoms with Crippen molar-refractivity contribution in [1.82, 2.24) is 4.98 Å². The van der Waals surface area contributed by atoms with Crippen LogP contribution in [-0.2, 0) is 4.84 Å². The molecule has 0 N–H and O–H groups in total. The number of nitrogens with zero attached hydrogens (tertiary/aromatic N) is 2. The molecule has 0 saturated heterocycles. The molecule has 0 aliphatic heterocycles. The molecule has 0 saturated carbocycles. The lowest BCUT2D eigenvalue weighted by Gasteiger charge is -2.10. The molecule has 4 nitrogen and oxygen atoms in total. The fourth-order valence-electron chi connectivity index (χ4n) is 3.71. The second kappa shape index (κ2) is 9.37. The minimum Gasteiger partial charge on any atom is -0.313 e. The number of carbonyl (C=O) groups is 1. The molecule has 0 aliphatic rings. The van der Waals surface area contributed by atoms with Gasteiger partial charge in [0.25, 0.3) is 0 Å². The van der Waals surface area contributed by atoms with Crippen molar-refractivity contribution >= 4 is 22.6 Å². The van der Waals surface area contributed by atoms with Crippen LogP contribution in [-0.4, -0.2) is 16.7 Å². The first-order valence-corrected chi connectivity index (χ1v) is 11.2. The van der Waals surface area contributed by atoms with E-state index in [-0.39, 0.29) is 0 Å². The minimum absolute atomic E-state index is 0.445. The van der Waals surface area contributed by atoms with Gasteiger partial charge in [-0.25, -0.2) is 9.78 Å². The van der Waals surface area contributed by atoms with Crippen LogP contribution in [0, 0.1) is 13.8 Å². The maximum absolute atomic E-state index is 13.1. The van der Waals surface area contributed by atoms with Gasteiger partial charge in [0.2, 0.25) is 0 Å². The Hall–Kier alpha value is -3.79. The number of rotatable bonds is 5. The van der Waals surface area contributed by atoms with E-state index in [1.165, 1.54) is 16.7 Å². The summed E-state index contributed by atoms with van der Waals surface area (Å²) in [6.07, 6.45) is 0. The summed E-state index contributed by atoms with van der Waals surface area (Å²) in [5.74, 6) is -0.0440. The van der Waals surface area contributed by atoms with Gasteiger partial charge in [-0.3, -0.25) is 0 Å². The number of hydrogen-bond acceptors (Lipinski definition) is 4. The van der Waals surface area contributed by atoms with Crippen LogP contribution in [0.2, 0.25) is 0 Å².